The molecule has 3 aromatic rings. The molecule has 0 amide bonds. The van der Waals surface area contributed by atoms with Crippen LogP contribution in [0.25, 0.3) is 10.8 Å². The van der Waals surface area contributed by atoms with Crippen molar-refractivity contribution in [2.45, 2.75) is 52.4 Å². The summed E-state index contributed by atoms with van der Waals surface area (Å²) < 4.78 is 0. The lowest BCUT2D eigenvalue weighted by Crippen LogP contribution is -2.27. The lowest BCUT2D eigenvalue weighted by Gasteiger charge is -2.30. The molecule has 28 heavy (non-hydrogen) atoms. The van der Waals surface area contributed by atoms with Crippen molar-refractivity contribution in [3.05, 3.63) is 80.9 Å². The zero-order valence-corrected chi connectivity index (χ0v) is 16.5. The van der Waals surface area contributed by atoms with Crippen LogP contribution < -0.4 is 0 Å². The van der Waals surface area contributed by atoms with E-state index >= 15 is 0 Å². The Hall–Kier alpha value is -2.74. The van der Waals surface area contributed by atoms with Gasteiger partial charge in [-0.05, 0) is 83.7 Å². The zero-order valence-electron chi connectivity index (χ0n) is 16.5. The molecule has 3 aromatic carbocycles. The number of benzene rings is 3. The highest BCUT2D eigenvalue weighted by atomic mass is 16.1. The minimum absolute atomic E-state index is 0.0373. The molecule has 5 rings (SSSR count). The number of hydrogen-bond acceptors (Lipinski definition) is 2. The first-order chi connectivity index (χ1) is 13.7. The Kier molecular flexibility index (Phi) is 3.97. The van der Waals surface area contributed by atoms with Gasteiger partial charge >= 0.3 is 0 Å². The molecule has 0 fully saturated rings. The molecule has 0 aliphatic heterocycles. The number of ketones is 2. The maximum absolute atomic E-state index is 13.7. The van der Waals surface area contributed by atoms with E-state index in [4.69, 9.17) is 0 Å². The predicted octanol–water partition coefficient (Wildman–Crippen LogP) is 5.62. The molecule has 0 aromatic heterocycles. The maximum Gasteiger partial charge on any atom is 0.194 e. The van der Waals surface area contributed by atoms with Gasteiger partial charge in [-0.25, -0.2) is 0 Å². The van der Waals surface area contributed by atoms with Crippen molar-refractivity contribution >= 4 is 22.3 Å². The third-order valence-corrected chi connectivity index (χ3v) is 6.59. The topological polar surface area (TPSA) is 34.1 Å². The second-order valence-electron chi connectivity index (χ2n) is 7.98. The van der Waals surface area contributed by atoms with Gasteiger partial charge in [0.05, 0.1) is 0 Å². The van der Waals surface area contributed by atoms with Gasteiger partial charge in [-0.3, -0.25) is 9.59 Å². The van der Waals surface area contributed by atoms with Crippen LogP contribution in [0.1, 0.15) is 80.8 Å². The normalized spacial score (nSPS) is 15.4. The summed E-state index contributed by atoms with van der Waals surface area (Å²) in [7, 11) is 0. The van der Waals surface area contributed by atoms with Crippen LogP contribution >= 0.6 is 0 Å². The molecule has 0 N–H and O–H groups in total. The van der Waals surface area contributed by atoms with E-state index in [1.807, 2.05) is 36.4 Å². The van der Waals surface area contributed by atoms with Crippen LogP contribution in [0.15, 0.2) is 36.4 Å². The molecule has 0 saturated carbocycles. The molecule has 0 saturated heterocycles. The average Bonchev–Trinajstić information content (AvgIpc) is 2.74. The fourth-order valence-electron chi connectivity index (χ4n) is 5.34. The molecule has 0 atom stereocenters. The van der Waals surface area contributed by atoms with Gasteiger partial charge in [0.2, 0.25) is 0 Å². The molecule has 0 unspecified atom stereocenters. The van der Waals surface area contributed by atoms with Crippen LogP contribution in [-0.4, -0.2) is 11.6 Å². The lowest BCUT2D eigenvalue weighted by atomic mass is 9.72. The highest BCUT2D eigenvalue weighted by molar-refractivity contribution is 6.30. The van der Waals surface area contributed by atoms with Crippen molar-refractivity contribution in [3.8, 4) is 0 Å². The third-order valence-electron chi connectivity index (χ3n) is 6.59. The van der Waals surface area contributed by atoms with Crippen LogP contribution in [0.3, 0.4) is 0 Å². The summed E-state index contributed by atoms with van der Waals surface area (Å²) in [6, 6.07) is 11.8. The van der Waals surface area contributed by atoms with E-state index in [1.54, 1.807) is 0 Å². The first-order valence-electron chi connectivity index (χ1n) is 10.5. The van der Waals surface area contributed by atoms with Crippen LogP contribution in [0.4, 0.5) is 0 Å². The van der Waals surface area contributed by atoms with E-state index in [0.29, 0.717) is 22.3 Å². The van der Waals surface area contributed by atoms with Crippen LogP contribution in [-0.2, 0) is 25.7 Å². The van der Waals surface area contributed by atoms with Crippen molar-refractivity contribution in [2.75, 3.05) is 0 Å². The van der Waals surface area contributed by atoms with E-state index in [-0.39, 0.29) is 11.6 Å². The number of carbonyl (C=O) groups excluding carboxylic acids is 2. The minimum atomic E-state index is 0.0373. The average molecular weight is 368 g/mol. The molecule has 0 bridgehead atoms. The van der Waals surface area contributed by atoms with Crippen molar-refractivity contribution in [2.24, 2.45) is 0 Å². The minimum Gasteiger partial charge on any atom is -0.289 e. The van der Waals surface area contributed by atoms with Crippen molar-refractivity contribution in [3.63, 3.8) is 0 Å². The Labute approximate surface area is 165 Å². The predicted molar refractivity (Wildman–Crippen MR) is 113 cm³/mol. The highest BCUT2D eigenvalue weighted by Crippen LogP contribution is 2.40. The Morgan fingerprint density at radius 1 is 0.714 bits per heavy atom. The van der Waals surface area contributed by atoms with Crippen LogP contribution in [0.5, 0.6) is 0 Å². The second kappa shape index (κ2) is 6.41. The molecule has 0 spiro atoms. The number of rotatable bonds is 2. The van der Waals surface area contributed by atoms with Crippen LogP contribution in [0.2, 0.25) is 0 Å². The number of carbonyl (C=O) groups is 2. The largest absolute Gasteiger partial charge is 0.289 e. The quantitative estimate of drug-likeness (QED) is 0.460. The molecule has 0 heterocycles. The fourth-order valence-corrected chi connectivity index (χ4v) is 5.34. The summed E-state index contributed by atoms with van der Waals surface area (Å²) in [4.78, 5) is 27.4. The molecule has 140 valence electrons. The van der Waals surface area contributed by atoms with E-state index in [0.717, 1.165) is 47.6 Å². The molecular weight excluding hydrogens is 344 g/mol. The summed E-state index contributed by atoms with van der Waals surface area (Å²) in [5.74, 6) is 0.0746. The van der Waals surface area contributed by atoms with Gasteiger partial charge in [-0.1, -0.05) is 38.1 Å². The molecule has 0 radical (unpaired) electrons. The van der Waals surface area contributed by atoms with Gasteiger partial charge in [0.25, 0.3) is 0 Å². The Morgan fingerprint density at radius 2 is 1.14 bits per heavy atom. The summed E-state index contributed by atoms with van der Waals surface area (Å²) >= 11 is 0. The molecule has 2 aliphatic carbocycles. The first kappa shape index (κ1) is 17.4. The van der Waals surface area contributed by atoms with Crippen molar-refractivity contribution in [1.82, 2.24) is 0 Å². The summed E-state index contributed by atoms with van der Waals surface area (Å²) in [5, 5.41) is 2.02. The van der Waals surface area contributed by atoms with E-state index in [9.17, 15) is 9.59 Å². The van der Waals surface area contributed by atoms with E-state index < -0.39 is 0 Å². The monoisotopic (exact) mass is 368 g/mol. The van der Waals surface area contributed by atoms with Gasteiger partial charge in [-0.15, -0.1) is 0 Å². The van der Waals surface area contributed by atoms with E-state index in [1.165, 1.54) is 24.0 Å². The van der Waals surface area contributed by atoms with Gasteiger partial charge in [0.1, 0.15) is 0 Å². The summed E-state index contributed by atoms with van der Waals surface area (Å²) in [6.07, 6.45) is 6.01. The van der Waals surface area contributed by atoms with Crippen molar-refractivity contribution < 1.29 is 9.59 Å². The summed E-state index contributed by atoms with van der Waals surface area (Å²) in [5.41, 5.74) is 7.51. The zero-order chi connectivity index (χ0) is 19.4. The molecule has 2 heteroatoms. The van der Waals surface area contributed by atoms with Gasteiger partial charge < -0.3 is 0 Å². The smallest absolute Gasteiger partial charge is 0.194 e. The van der Waals surface area contributed by atoms with Crippen LogP contribution in [0, 0.1) is 0 Å². The van der Waals surface area contributed by atoms with Gasteiger partial charge in [-0.2, -0.15) is 0 Å². The van der Waals surface area contributed by atoms with E-state index in [2.05, 4.69) is 13.8 Å². The molecular formula is C26H24O2. The second-order valence-corrected chi connectivity index (χ2v) is 7.98. The summed E-state index contributed by atoms with van der Waals surface area (Å²) in [6.45, 7) is 4.23. The SMILES string of the molecule is CCc1c2c(c(CC)c3c1C(=O)c1cc4ccccc4cc1C3=O)CCCC2. The molecule has 2 aliphatic rings. The standard InChI is InChI=1S/C26H24O2/c1-3-17-19-11-7-8-12-20(19)18(4-2)24-23(17)25(27)21-13-15-9-5-6-10-16(15)14-22(21)26(24)28/h5-6,9-10,13-14H,3-4,7-8,11-12H2,1-2H3. The fraction of sp³-hybridized carbons (Fsp3) is 0.308. The molecule has 2 nitrogen and oxygen atoms in total. The first-order valence-corrected chi connectivity index (χ1v) is 10.5. The number of fused-ring (bicyclic) bond motifs is 4. The number of hydrogen-bond donors (Lipinski definition) is 0. The Bertz CT molecular complexity index is 1080. The third kappa shape index (κ3) is 2.27. The van der Waals surface area contributed by atoms with Gasteiger partial charge in [0.15, 0.2) is 11.6 Å². The lowest BCUT2D eigenvalue weighted by molar-refractivity contribution is 0.0977. The maximum atomic E-state index is 13.7. The Morgan fingerprint density at radius 3 is 1.54 bits per heavy atom. The van der Waals surface area contributed by atoms with Gasteiger partial charge in [0, 0.05) is 22.3 Å². The highest BCUT2D eigenvalue weighted by Gasteiger charge is 2.36. The van der Waals surface area contributed by atoms with Crippen molar-refractivity contribution in [1.29, 1.82) is 0 Å². The Balaban J connectivity index is 1.87.